The summed E-state index contributed by atoms with van der Waals surface area (Å²) < 4.78 is 0. The summed E-state index contributed by atoms with van der Waals surface area (Å²) in [5.74, 6) is -0.0181. The van der Waals surface area contributed by atoms with Crippen LogP contribution in [0.4, 0.5) is 0 Å². The van der Waals surface area contributed by atoms with Gasteiger partial charge in [0.15, 0.2) is 0 Å². The van der Waals surface area contributed by atoms with E-state index in [0.29, 0.717) is 25.8 Å². The van der Waals surface area contributed by atoms with Crippen molar-refractivity contribution in [1.29, 1.82) is 0 Å². The summed E-state index contributed by atoms with van der Waals surface area (Å²) in [6.45, 7) is 2.56. The van der Waals surface area contributed by atoms with Gasteiger partial charge >= 0.3 is 0 Å². The highest BCUT2D eigenvalue weighted by atomic mass is 16.2. The molecule has 0 spiro atoms. The first-order chi connectivity index (χ1) is 18.1. The minimum absolute atomic E-state index is 0.0168. The van der Waals surface area contributed by atoms with E-state index in [0.717, 1.165) is 48.8 Å². The van der Waals surface area contributed by atoms with Crippen molar-refractivity contribution >= 4 is 11.8 Å². The maximum Gasteiger partial charge on any atom is 0.243 e. The fourth-order valence-corrected chi connectivity index (χ4v) is 5.21. The van der Waals surface area contributed by atoms with Crippen LogP contribution in [0.5, 0.6) is 0 Å². The van der Waals surface area contributed by atoms with Crippen LogP contribution in [-0.4, -0.2) is 28.8 Å². The SMILES string of the molecule is CCc1ccc(CCC(=O)N(Cc2ccccc2)C(Cc2ccccc2)C(=O)NC2CCCCC2)cc1. The molecule has 4 rings (SSSR count). The first kappa shape index (κ1) is 26.7. The second-order valence-corrected chi connectivity index (χ2v) is 10.2. The van der Waals surface area contributed by atoms with Gasteiger partial charge in [0, 0.05) is 25.4 Å². The molecule has 0 bridgehead atoms. The molecule has 1 aliphatic carbocycles. The van der Waals surface area contributed by atoms with Gasteiger partial charge in [-0.3, -0.25) is 9.59 Å². The van der Waals surface area contributed by atoms with Crippen molar-refractivity contribution in [3.05, 3.63) is 107 Å². The van der Waals surface area contributed by atoms with E-state index in [4.69, 9.17) is 0 Å². The highest BCUT2D eigenvalue weighted by Crippen LogP contribution is 2.20. The first-order valence-electron chi connectivity index (χ1n) is 13.9. The average Bonchev–Trinajstić information content (AvgIpc) is 2.95. The fraction of sp³-hybridized carbons (Fsp3) is 0.394. The van der Waals surface area contributed by atoms with E-state index in [-0.39, 0.29) is 17.9 Å². The highest BCUT2D eigenvalue weighted by Gasteiger charge is 2.31. The molecule has 1 unspecified atom stereocenters. The zero-order chi connectivity index (χ0) is 25.9. The Bertz CT molecular complexity index is 1110. The molecule has 4 heteroatoms. The van der Waals surface area contributed by atoms with Crippen molar-refractivity contribution in [2.45, 2.75) is 83.3 Å². The smallest absolute Gasteiger partial charge is 0.243 e. The van der Waals surface area contributed by atoms with Crippen LogP contribution in [0.25, 0.3) is 0 Å². The van der Waals surface area contributed by atoms with E-state index in [9.17, 15) is 9.59 Å². The van der Waals surface area contributed by atoms with Gasteiger partial charge in [-0.15, -0.1) is 0 Å². The quantitative estimate of drug-likeness (QED) is 0.340. The van der Waals surface area contributed by atoms with Gasteiger partial charge in [-0.05, 0) is 47.9 Å². The number of benzene rings is 3. The Morgan fingerprint density at radius 3 is 2.00 bits per heavy atom. The van der Waals surface area contributed by atoms with Gasteiger partial charge in [0.2, 0.25) is 11.8 Å². The van der Waals surface area contributed by atoms with E-state index in [2.05, 4.69) is 36.5 Å². The minimum atomic E-state index is -0.556. The van der Waals surface area contributed by atoms with Gasteiger partial charge in [-0.2, -0.15) is 0 Å². The molecule has 2 amide bonds. The number of rotatable bonds is 11. The minimum Gasteiger partial charge on any atom is -0.352 e. The van der Waals surface area contributed by atoms with E-state index < -0.39 is 6.04 Å². The Kier molecular flexibility index (Phi) is 9.93. The number of carbonyl (C=O) groups is 2. The van der Waals surface area contributed by atoms with Gasteiger partial charge in [-0.1, -0.05) is 111 Å². The zero-order valence-corrected chi connectivity index (χ0v) is 22.1. The Labute approximate surface area is 222 Å². The molecule has 1 fully saturated rings. The molecule has 0 aromatic heterocycles. The molecule has 0 radical (unpaired) electrons. The number of carbonyl (C=O) groups excluding carboxylic acids is 2. The average molecular weight is 497 g/mol. The Morgan fingerprint density at radius 2 is 1.38 bits per heavy atom. The molecule has 0 aliphatic heterocycles. The summed E-state index contributed by atoms with van der Waals surface area (Å²) in [4.78, 5) is 29.4. The number of hydrogen-bond acceptors (Lipinski definition) is 2. The summed E-state index contributed by atoms with van der Waals surface area (Å²) in [7, 11) is 0. The van der Waals surface area contributed by atoms with Crippen molar-refractivity contribution in [1.82, 2.24) is 10.2 Å². The van der Waals surface area contributed by atoms with E-state index in [1.165, 1.54) is 12.0 Å². The van der Waals surface area contributed by atoms with Gasteiger partial charge in [0.05, 0.1) is 0 Å². The lowest BCUT2D eigenvalue weighted by molar-refractivity contribution is -0.141. The number of hydrogen-bond donors (Lipinski definition) is 1. The molecule has 1 aliphatic rings. The number of amides is 2. The summed E-state index contributed by atoms with van der Waals surface area (Å²) in [6.07, 6.45) is 8.11. The molecule has 194 valence electrons. The topological polar surface area (TPSA) is 49.4 Å². The van der Waals surface area contributed by atoms with Crippen molar-refractivity contribution in [3.63, 3.8) is 0 Å². The molecular weight excluding hydrogens is 456 g/mol. The molecule has 0 saturated heterocycles. The third kappa shape index (κ3) is 8.04. The van der Waals surface area contributed by atoms with Crippen molar-refractivity contribution in [2.75, 3.05) is 0 Å². The van der Waals surface area contributed by atoms with Crippen LogP contribution < -0.4 is 5.32 Å². The zero-order valence-electron chi connectivity index (χ0n) is 22.1. The number of nitrogens with one attached hydrogen (secondary N) is 1. The second kappa shape index (κ2) is 13.8. The lowest BCUT2D eigenvalue weighted by atomic mass is 9.94. The van der Waals surface area contributed by atoms with E-state index in [1.54, 1.807) is 0 Å². The Morgan fingerprint density at radius 1 is 0.784 bits per heavy atom. The molecule has 37 heavy (non-hydrogen) atoms. The molecule has 3 aromatic carbocycles. The fourth-order valence-electron chi connectivity index (χ4n) is 5.21. The van der Waals surface area contributed by atoms with Crippen LogP contribution in [0.3, 0.4) is 0 Å². The predicted molar refractivity (Wildman–Crippen MR) is 150 cm³/mol. The monoisotopic (exact) mass is 496 g/mol. The normalized spacial score (nSPS) is 14.6. The third-order valence-electron chi connectivity index (χ3n) is 7.48. The van der Waals surface area contributed by atoms with Crippen molar-refractivity contribution < 1.29 is 9.59 Å². The molecule has 1 atom stereocenters. The molecular formula is C33H40N2O2. The largest absolute Gasteiger partial charge is 0.352 e. The van der Waals surface area contributed by atoms with Crippen LogP contribution in [0.2, 0.25) is 0 Å². The third-order valence-corrected chi connectivity index (χ3v) is 7.48. The Hall–Kier alpha value is -3.40. The Balaban J connectivity index is 1.57. The van der Waals surface area contributed by atoms with Crippen molar-refractivity contribution in [3.8, 4) is 0 Å². The summed E-state index contributed by atoms with van der Waals surface area (Å²) in [5, 5.41) is 3.31. The van der Waals surface area contributed by atoms with Crippen LogP contribution in [-0.2, 0) is 35.4 Å². The molecule has 3 aromatic rings. The van der Waals surface area contributed by atoms with Crippen LogP contribution >= 0.6 is 0 Å². The van der Waals surface area contributed by atoms with E-state index in [1.807, 2.05) is 65.6 Å². The van der Waals surface area contributed by atoms with Crippen LogP contribution in [0, 0.1) is 0 Å². The van der Waals surface area contributed by atoms with Gasteiger partial charge in [0.25, 0.3) is 0 Å². The second-order valence-electron chi connectivity index (χ2n) is 10.2. The highest BCUT2D eigenvalue weighted by molar-refractivity contribution is 5.88. The number of nitrogens with zero attached hydrogens (tertiary/aromatic N) is 1. The standard InChI is InChI=1S/C33H40N2O2/c1-2-26-18-20-27(21-19-26)22-23-32(36)35(25-29-14-8-4-9-15-29)31(24-28-12-6-3-7-13-28)33(37)34-30-16-10-5-11-17-30/h3-4,6-9,12-15,18-21,30-31H,2,5,10-11,16-17,22-25H2,1H3,(H,34,37). The lowest BCUT2D eigenvalue weighted by Crippen LogP contribution is -2.52. The van der Waals surface area contributed by atoms with Crippen molar-refractivity contribution in [2.24, 2.45) is 0 Å². The molecule has 4 nitrogen and oxygen atoms in total. The van der Waals surface area contributed by atoms with Crippen LogP contribution in [0.1, 0.15) is 67.7 Å². The number of aryl methyl sites for hydroxylation is 2. The predicted octanol–water partition coefficient (Wildman–Crippen LogP) is 6.27. The molecule has 1 N–H and O–H groups in total. The van der Waals surface area contributed by atoms with Crippen LogP contribution in [0.15, 0.2) is 84.9 Å². The van der Waals surface area contributed by atoms with Gasteiger partial charge in [0.1, 0.15) is 6.04 Å². The maximum absolute atomic E-state index is 13.8. The maximum atomic E-state index is 13.8. The van der Waals surface area contributed by atoms with Gasteiger partial charge < -0.3 is 10.2 Å². The molecule has 1 saturated carbocycles. The summed E-state index contributed by atoms with van der Waals surface area (Å²) in [6, 6.07) is 28.2. The van der Waals surface area contributed by atoms with Gasteiger partial charge in [-0.25, -0.2) is 0 Å². The lowest BCUT2D eigenvalue weighted by Gasteiger charge is -2.33. The summed E-state index contributed by atoms with van der Waals surface area (Å²) in [5.41, 5.74) is 4.54. The van der Waals surface area contributed by atoms with E-state index >= 15 is 0 Å². The molecule has 0 heterocycles. The first-order valence-corrected chi connectivity index (χ1v) is 13.9. The summed E-state index contributed by atoms with van der Waals surface area (Å²) >= 11 is 0.